The molecule has 0 unspecified atom stereocenters. The SMILES string of the molecule is CCCCCCCCc1cc(OCC(=O)c2nc(C(=O)OC)cs2)ccc1C. The number of thiazole rings is 1. The fourth-order valence-electron chi connectivity index (χ4n) is 2.91. The molecule has 1 aromatic carbocycles. The van der Waals surface area contributed by atoms with Crippen molar-refractivity contribution >= 4 is 23.1 Å². The summed E-state index contributed by atoms with van der Waals surface area (Å²) >= 11 is 1.12. The average Bonchev–Trinajstić information content (AvgIpc) is 3.20. The van der Waals surface area contributed by atoms with Crippen LogP contribution < -0.4 is 4.74 Å². The molecule has 0 radical (unpaired) electrons. The summed E-state index contributed by atoms with van der Waals surface area (Å²) in [5.41, 5.74) is 2.66. The number of nitrogens with zero attached hydrogens (tertiary/aromatic N) is 1. The number of carbonyl (C=O) groups excluding carboxylic acids is 2. The summed E-state index contributed by atoms with van der Waals surface area (Å²) in [5, 5.41) is 1.77. The fraction of sp³-hybridized carbons (Fsp3) is 0.500. The van der Waals surface area contributed by atoms with E-state index in [-0.39, 0.29) is 23.1 Å². The summed E-state index contributed by atoms with van der Waals surface area (Å²) in [7, 11) is 1.28. The van der Waals surface area contributed by atoms with Gasteiger partial charge in [0.2, 0.25) is 5.78 Å². The smallest absolute Gasteiger partial charge is 0.357 e. The van der Waals surface area contributed by atoms with Crippen LogP contribution in [0.5, 0.6) is 5.75 Å². The summed E-state index contributed by atoms with van der Waals surface area (Å²) in [5.74, 6) is -0.114. The van der Waals surface area contributed by atoms with Crippen molar-refractivity contribution in [1.82, 2.24) is 4.98 Å². The number of ketones is 1. The molecule has 0 aliphatic carbocycles. The quantitative estimate of drug-likeness (QED) is 0.270. The van der Waals surface area contributed by atoms with Crippen LogP contribution in [0.4, 0.5) is 0 Å². The molecule has 0 aliphatic rings. The molecule has 2 aromatic rings. The van der Waals surface area contributed by atoms with Gasteiger partial charge in [-0.2, -0.15) is 0 Å². The van der Waals surface area contributed by atoms with E-state index in [0.717, 1.165) is 17.8 Å². The second-order valence-corrected chi connectivity index (χ2v) is 7.71. The van der Waals surface area contributed by atoms with Gasteiger partial charge in [0.05, 0.1) is 7.11 Å². The van der Waals surface area contributed by atoms with Crippen molar-refractivity contribution in [3.63, 3.8) is 0 Å². The summed E-state index contributed by atoms with van der Waals surface area (Å²) in [4.78, 5) is 27.7. The van der Waals surface area contributed by atoms with E-state index in [2.05, 4.69) is 23.6 Å². The van der Waals surface area contributed by atoms with E-state index in [1.807, 2.05) is 18.2 Å². The van der Waals surface area contributed by atoms with Crippen LogP contribution in [0.25, 0.3) is 0 Å². The molecule has 6 heteroatoms. The molecule has 0 atom stereocenters. The van der Waals surface area contributed by atoms with Gasteiger partial charge in [0.15, 0.2) is 17.3 Å². The molecule has 0 N–H and O–H groups in total. The summed E-state index contributed by atoms with van der Waals surface area (Å²) in [6, 6.07) is 5.94. The topological polar surface area (TPSA) is 65.5 Å². The van der Waals surface area contributed by atoms with Crippen molar-refractivity contribution in [2.24, 2.45) is 0 Å². The van der Waals surface area contributed by atoms with Gasteiger partial charge in [0.1, 0.15) is 5.75 Å². The Balaban J connectivity index is 1.85. The highest BCUT2D eigenvalue weighted by atomic mass is 32.1. The maximum Gasteiger partial charge on any atom is 0.357 e. The molecular formula is C22H29NO4S. The zero-order valence-corrected chi connectivity index (χ0v) is 17.8. The minimum absolute atomic E-state index is 0.104. The van der Waals surface area contributed by atoms with E-state index in [9.17, 15) is 9.59 Å². The molecule has 28 heavy (non-hydrogen) atoms. The predicted octanol–water partition coefficient (Wildman–Crippen LogP) is 5.40. The lowest BCUT2D eigenvalue weighted by atomic mass is 10.0. The highest BCUT2D eigenvalue weighted by molar-refractivity contribution is 7.12. The first-order chi connectivity index (χ1) is 13.5. The first kappa shape index (κ1) is 22.1. The van der Waals surface area contributed by atoms with Gasteiger partial charge < -0.3 is 9.47 Å². The number of unbranched alkanes of at least 4 members (excludes halogenated alkanes) is 5. The third-order valence-corrected chi connectivity index (χ3v) is 5.51. The minimum atomic E-state index is -0.547. The Hall–Kier alpha value is -2.21. The lowest BCUT2D eigenvalue weighted by molar-refractivity contribution is 0.0595. The Labute approximate surface area is 171 Å². The van der Waals surface area contributed by atoms with Gasteiger partial charge in [0, 0.05) is 5.38 Å². The van der Waals surface area contributed by atoms with Gasteiger partial charge in [0.25, 0.3) is 0 Å². The van der Waals surface area contributed by atoms with Gasteiger partial charge in [-0.25, -0.2) is 9.78 Å². The zero-order valence-electron chi connectivity index (χ0n) is 17.0. The number of esters is 1. The van der Waals surface area contributed by atoms with Crippen molar-refractivity contribution in [1.29, 1.82) is 0 Å². The van der Waals surface area contributed by atoms with Gasteiger partial charge in [-0.1, -0.05) is 45.1 Å². The highest BCUT2D eigenvalue weighted by Gasteiger charge is 2.16. The van der Waals surface area contributed by atoms with Crippen LogP contribution in [0, 0.1) is 6.92 Å². The average molecular weight is 404 g/mol. The van der Waals surface area contributed by atoms with Gasteiger partial charge >= 0.3 is 5.97 Å². The number of benzene rings is 1. The number of Topliss-reactive ketones (excluding diaryl/α,β-unsaturated/α-hetero) is 1. The fourth-order valence-corrected chi connectivity index (χ4v) is 3.63. The van der Waals surface area contributed by atoms with Crippen LogP contribution in [-0.2, 0) is 11.2 Å². The van der Waals surface area contributed by atoms with E-state index in [1.54, 1.807) is 0 Å². The van der Waals surface area contributed by atoms with Crippen LogP contribution >= 0.6 is 11.3 Å². The number of hydrogen-bond acceptors (Lipinski definition) is 6. The molecule has 1 aromatic heterocycles. The Morgan fingerprint density at radius 1 is 1.11 bits per heavy atom. The van der Waals surface area contributed by atoms with E-state index >= 15 is 0 Å². The Morgan fingerprint density at radius 3 is 2.61 bits per heavy atom. The lowest BCUT2D eigenvalue weighted by Crippen LogP contribution is -2.12. The predicted molar refractivity (Wildman–Crippen MR) is 112 cm³/mol. The third-order valence-electron chi connectivity index (χ3n) is 4.63. The number of aryl methyl sites for hydroxylation is 2. The van der Waals surface area contributed by atoms with Crippen molar-refractivity contribution in [2.75, 3.05) is 13.7 Å². The molecular weight excluding hydrogens is 374 g/mol. The highest BCUT2D eigenvalue weighted by Crippen LogP contribution is 2.21. The number of hydrogen-bond donors (Lipinski definition) is 0. The molecule has 152 valence electrons. The van der Waals surface area contributed by atoms with Gasteiger partial charge in [-0.05, 0) is 43.0 Å². The Morgan fingerprint density at radius 2 is 1.86 bits per heavy atom. The van der Waals surface area contributed by atoms with Crippen molar-refractivity contribution in [3.8, 4) is 5.75 Å². The molecule has 0 fully saturated rings. The number of methoxy groups -OCH3 is 1. The molecule has 5 nitrogen and oxygen atoms in total. The first-order valence-corrected chi connectivity index (χ1v) is 10.7. The molecule has 0 amide bonds. The van der Waals surface area contributed by atoms with Crippen LogP contribution in [0.1, 0.15) is 76.9 Å². The molecule has 1 heterocycles. The van der Waals surface area contributed by atoms with Crippen LogP contribution in [0.15, 0.2) is 23.6 Å². The molecule has 0 saturated heterocycles. The minimum Gasteiger partial charge on any atom is -0.485 e. The molecule has 0 bridgehead atoms. The molecule has 0 aliphatic heterocycles. The monoisotopic (exact) mass is 403 g/mol. The van der Waals surface area contributed by atoms with Crippen LogP contribution in [0.3, 0.4) is 0 Å². The maximum absolute atomic E-state index is 12.3. The van der Waals surface area contributed by atoms with E-state index in [4.69, 9.17) is 4.74 Å². The zero-order chi connectivity index (χ0) is 20.4. The van der Waals surface area contributed by atoms with E-state index in [1.165, 1.54) is 62.1 Å². The lowest BCUT2D eigenvalue weighted by Gasteiger charge is -2.10. The van der Waals surface area contributed by atoms with Crippen molar-refractivity contribution in [2.45, 2.75) is 58.8 Å². The Bertz CT molecular complexity index is 785. The number of rotatable bonds is 12. The summed E-state index contributed by atoms with van der Waals surface area (Å²) in [6.45, 7) is 4.23. The summed E-state index contributed by atoms with van der Waals surface area (Å²) < 4.78 is 10.3. The number of aromatic nitrogens is 1. The standard InChI is InChI=1S/C22H29NO4S/c1-4-5-6-7-8-9-10-17-13-18(12-11-16(17)2)27-14-20(24)21-23-19(15-28-21)22(25)26-3/h11-13,15H,4-10,14H2,1-3H3. The Kier molecular flexibility index (Phi) is 9.14. The largest absolute Gasteiger partial charge is 0.485 e. The number of ether oxygens (including phenoxy) is 2. The second-order valence-electron chi connectivity index (χ2n) is 6.85. The van der Waals surface area contributed by atoms with Gasteiger partial charge in [-0.15, -0.1) is 11.3 Å². The van der Waals surface area contributed by atoms with Crippen LogP contribution in [0.2, 0.25) is 0 Å². The van der Waals surface area contributed by atoms with Crippen molar-refractivity contribution < 1.29 is 19.1 Å². The molecule has 2 rings (SSSR count). The molecule has 0 saturated carbocycles. The third kappa shape index (κ3) is 6.75. The van der Waals surface area contributed by atoms with Crippen molar-refractivity contribution in [3.05, 3.63) is 45.4 Å². The van der Waals surface area contributed by atoms with Crippen LogP contribution in [-0.4, -0.2) is 30.5 Å². The molecule has 0 spiro atoms. The second kappa shape index (κ2) is 11.6. The van der Waals surface area contributed by atoms with E-state index in [0.29, 0.717) is 5.75 Å². The first-order valence-electron chi connectivity index (χ1n) is 9.84. The maximum atomic E-state index is 12.3. The number of carbonyl (C=O) groups is 2. The van der Waals surface area contributed by atoms with E-state index < -0.39 is 5.97 Å². The normalized spacial score (nSPS) is 10.7. The van der Waals surface area contributed by atoms with Gasteiger partial charge in [-0.3, -0.25) is 4.79 Å². The summed E-state index contributed by atoms with van der Waals surface area (Å²) in [6.07, 6.45) is 8.63.